The summed E-state index contributed by atoms with van der Waals surface area (Å²) in [6, 6.07) is -0.142. The first-order valence-corrected chi connectivity index (χ1v) is 7.36. The molecule has 2 fully saturated rings. The smallest absolute Gasteiger partial charge is 0.245 e. The molecule has 0 radical (unpaired) electrons. The van der Waals surface area contributed by atoms with Crippen molar-refractivity contribution in [2.24, 2.45) is 0 Å². The van der Waals surface area contributed by atoms with E-state index in [0.29, 0.717) is 12.6 Å². The fourth-order valence-electron chi connectivity index (χ4n) is 2.98. The van der Waals surface area contributed by atoms with Gasteiger partial charge in [0, 0.05) is 25.7 Å². The quantitative estimate of drug-likeness (QED) is 0.811. The van der Waals surface area contributed by atoms with Crippen LogP contribution < -0.4 is 5.32 Å². The molecule has 0 aromatic carbocycles. The minimum atomic E-state index is -0.315. The highest BCUT2D eigenvalue weighted by atomic mass is 16.2. The normalized spacial score (nSPS) is 25.5. The number of hydrogen-bond acceptors (Lipinski definition) is 3. The SMILES string of the molecule is CC(C)NC1CCN(C(C)C(=O)N2CCCC2)C1=O. The van der Waals surface area contributed by atoms with E-state index >= 15 is 0 Å². The molecule has 19 heavy (non-hydrogen) atoms. The van der Waals surface area contributed by atoms with Crippen LogP contribution in [0.1, 0.15) is 40.0 Å². The van der Waals surface area contributed by atoms with E-state index in [0.717, 1.165) is 32.4 Å². The van der Waals surface area contributed by atoms with Gasteiger partial charge in [-0.1, -0.05) is 13.8 Å². The summed E-state index contributed by atoms with van der Waals surface area (Å²) in [5.74, 6) is 0.185. The number of carbonyl (C=O) groups excluding carboxylic acids is 2. The van der Waals surface area contributed by atoms with E-state index < -0.39 is 0 Å². The zero-order chi connectivity index (χ0) is 14.0. The Balaban J connectivity index is 1.94. The molecule has 2 amide bonds. The van der Waals surface area contributed by atoms with Gasteiger partial charge in [0.15, 0.2) is 0 Å². The fraction of sp³-hybridized carbons (Fsp3) is 0.857. The van der Waals surface area contributed by atoms with Crippen LogP contribution in [-0.4, -0.2) is 59.4 Å². The van der Waals surface area contributed by atoms with E-state index in [4.69, 9.17) is 0 Å². The van der Waals surface area contributed by atoms with Gasteiger partial charge in [-0.05, 0) is 26.2 Å². The van der Waals surface area contributed by atoms with E-state index in [1.165, 1.54) is 0 Å². The molecule has 108 valence electrons. The topological polar surface area (TPSA) is 52.7 Å². The van der Waals surface area contributed by atoms with Crippen LogP contribution in [0.3, 0.4) is 0 Å². The first kappa shape index (κ1) is 14.3. The Labute approximate surface area is 115 Å². The van der Waals surface area contributed by atoms with Gasteiger partial charge in [-0.15, -0.1) is 0 Å². The molecule has 2 unspecified atom stereocenters. The number of likely N-dealkylation sites (tertiary alicyclic amines) is 2. The second-order valence-corrected chi connectivity index (χ2v) is 5.90. The largest absolute Gasteiger partial charge is 0.341 e. The summed E-state index contributed by atoms with van der Waals surface area (Å²) >= 11 is 0. The lowest BCUT2D eigenvalue weighted by molar-refractivity contribution is -0.142. The van der Waals surface area contributed by atoms with Crippen molar-refractivity contribution in [1.82, 2.24) is 15.1 Å². The van der Waals surface area contributed by atoms with Crippen LogP contribution in [0.2, 0.25) is 0 Å². The lowest BCUT2D eigenvalue weighted by atomic mass is 10.2. The van der Waals surface area contributed by atoms with Crippen LogP contribution in [0.25, 0.3) is 0 Å². The molecule has 1 N–H and O–H groups in total. The number of nitrogens with one attached hydrogen (secondary N) is 1. The van der Waals surface area contributed by atoms with Gasteiger partial charge in [-0.25, -0.2) is 0 Å². The second kappa shape index (κ2) is 5.90. The molecule has 2 aliphatic heterocycles. The Hall–Kier alpha value is -1.10. The van der Waals surface area contributed by atoms with Crippen LogP contribution in [0, 0.1) is 0 Å². The number of hydrogen-bond donors (Lipinski definition) is 1. The first-order valence-electron chi connectivity index (χ1n) is 7.36. The molecular weight excluding hydrogens is 242 g/mol. The average Bonchev–Trinajstić information content (AvgIpc) is 2.98. The van der Waals surface area contributed by atoms with E-state index in [-0.39, 0.29) is 23.9 Å². The van der Waals surface area contributed by atoms with Crippen molar-refractivity contribution in [3.63, 3.8) is 0 Å². The Morgan fingerprint density at radius 2 is 1.84 bits per heavy atom. The number of amides is 2. The molecule has 5 nitrogen and oxygen atoms in total. The molecule has 0 aromatic rings. The standard InChI is InChI=1S/C14H25N3O2/c1-10(2)15-12-6-9-17(14(12)19)11(3)13(18)16-7-4-5-8-16/h10-12,15H,4-9H2,1-3H3. The van der Waals surface area contributed by atoms with E-state index in [2.05, 4.69) is 5.32 Å². The van der Waals surface area contributed by atoms with E-state index in [1.807, 2.05) is 25.7 Å². The molecule has 2 aliphatic rings. The molecule has 0 aliphatic carbocycles. The Morgan fingerprint density at radius 3 is 2.42 bits per heavy atom. The summed E-state index contributed by atoms with van der Waals surface area (Å²) in [4.78, 5) is 28.2. The van der Waals surface area contributed by atoms with Gasteiger partial charge in [-0.3, -0.25) is 9.59 Å². The molecule has 0 bridgehead atoms. The van der Waals surface area contributed by atoms with Crippen LogP contribution in [0.5, 0.6) is 0 Å². The summed E-state index contributed by atoms with van der Waals surface area (Å²) in [7, 11) is 0. The first-order chi connectivity index (χ1) is 9.00. The predicted molar refractivity (Wildman–Crippen MR) is 73.7 cm³/mol. The Bertz CT molecular complexity index is 351. The molecule has 5 heteroatoms. The Kier molecular flexibility index (Phi) is 4.45. The summed E-state index contributed by atoms with van der Waals surface area (Å²) in [6.07, 6.45) is 2.97. The van der Waals surface area contributed by atoms with Crippen molar-refractivity contribution in [2.45, 2.75) is 58.2 Å². The number of rotatable bonds is 4. The van der Waals surface area contributed by atoms with Gasteiger partial charge in [0.2, 0.25) is 11.8 Å². The van der Waals surface area contributed by atoms with Gasteiger partial charge in [-0.2, -0.15) is 0 Å². The van der Waals surface area contributed by atoms with E-state index in [9.17, 15) is 9.59 Å². The summed E-state index contributed by atoms with van der Waals surface area (Å²) in [5, 5.41) is 3.27. The minimum Gasteiger partial charge on any atom is -0.341 e. The molecule has 2 rings (SSSR count). The van der Waals surface area contributed by atoms with Gasteiger partial charge in [0.05, 0.1) is 6.04 Å². The van der Waals surface area contributed by atoms with Crippen molar-refractivity contribution < 1.29 is 9.59 Å². The lowest BCUT2D eigenvalue weighted by Gasteiger charge is -2.28. The third kappa shape index (κ3) is 3.08. The molecule has 2 atom stereocenters. The van der Waals surface area contributed by atoms with Crippen molar-refractivity contribution in [2.75, 3.05) is 19.6 Å². The second-order valence-electron chi connectivity index (χ2n) is 5.90. The zero-order valence-electron chi connectivity index (χ0n) is 12.2. The molecule has 0 saturated carbocycles. The minimum absolute atomic E-state index is 0.0775. The molecular formula is C14H25N3O2. The lowest BCUT2D eigenvalue weighted by Crippen LogP contribution is -2.49. The van der Waals surface area contributed by atoms with Gasteiger partial charge < -0.3 is 15.1 Å². The third-order valence-corrected chi connectivity index (χ3v) is 4.02. The maximum Gasteiger partial charge on any atom is 0.245 e. The highest BCUT2D eigenvalue weighted by molar-refractivity contribution is 5.91. The molecule has 0 spiro atoms. The molecule has 2 saturated heterocycles. The monoisotopic (exact) mass is 267 g/mol. The summed E-state index contributed by atoms with van der Waals surface area (Å²) < 4.78 is 0. The third-order valence-electron chi connectivity index (χ3n) is 4.02. The van der Waals surface area contributed by atoms with E-state index in [1.54, 1.807) is 4.90 Å². The van der Waals surface area contributed by atoms with Gasteiger partial charge in [0.1, 0.15) is 6.04 Å². The summed E-state index contributed by atoms with van der Waals surface area (Å²) in [5.41, 5.74) is 0. The van der Waals surface area contributed by atoms with Gasteiger partial charge in [0.25, 0.3) is 0 Å². The highest BCUT2D eigenvalue weighted by Gasteiger charge is 2.38. The molecule has 2 heterocycles. The van der Waals surface area contributed by atoms with Crippen molar-refractivity contribution in [3.8, 4) is 0 Å². The fourth-order valence-corrected chi connectivity index (χ4v) is 2.98. The zero-order valence-corrected chi connectivity index (χ0v) is 12.2. The van der Waals surface area contributed by atoms with Crippen molar-refractivity contribution in [3.05, 3.63) is 0 Å². The van der Waals surface area contributed by atoms with Crippen LogP contribution in [0.15, 0.2) is 0 Å². The van der Waals surface area contributed by atoms with Crippen LogP contribution in [0.4, 0.5) is 0 Å². The van der Waals surface area contributed by atoms with Crippen LogP contribution in [-0.2, 0) is 9.59 Å². The maximum atomic E-state index is 12.3. The number of carbonyl (C=O) groups is 2. The van der Waals surface area contributed by atoms with Crippen molar-refractivity contribution >= 4 is 11.8 Å². The highest BCUT2D eigenvalue weighted by Crippen LogP contribution is 2.18. The maximum absolute atomic E-state index is 12.3. The summed E-state index contributed by atoms with van der Waals surface area (Å²) in [6.45, 7) is 8.31. The molecule has 0 aromatic heterocycles. The van der Waals surface area contributed by atoms with Crippen LogP contribution >= 0.6 is 0 Å². The average molecular weight is 267 g/mol. The van der Waals surface area contributed by atoms with Crippen molar-refractivity contribution in [1.29, 1.82) is 0 Å². The Morgan fingerprint density at radius 1 is 1.21 bits per heavy atom. The number of nitrogens with zero attached hydrogens (tertiary/aromatic N) is 2. The van der Waals surface area contributed by atoms with Gasteiger partial charge >= 0.3 is 0 Å². The predicted octanol–water partition coefficient (Wildman–Crippen LogP) is 0.596.